The molecule has 1 rings (SSSR count). The van der Waals surface area contributed by atoms with Crippen LogP contribution >= 0.6 is 23.2 Å². The first-order valence-electron chi connectivity index (χ1n) is 6.54. The minimum atomic E-state index is -1.02. The Balaban J connectivity index is 2.62. The summed E-state index contributed by atoms with van der Waals surface area (Å²) in [4.78, 5) is 23.6. The molecule has 0 aliphatic heterocycles. The Labute approximate surface area is 139 Å². The maximum Gasteiger partial charge on any atom is 0.338 e. The van der Waals surface area contributed by atoms with Crippen molar-refractivity contribution in [2.75, 3.05) is 6.61 Å². The van der Waals surface area contributed by atoms with Gasteiger partial charge in [-0.05, 0) is 31.0 Å². The Morgan fingerprint density at radius 1 is 1.36 bits per heavy atom. The van der Waals surface area contributed by atoms with E-state index < -0.39 is 24.0 Å². The van der Waals surface area contributed by atoms with Crippen molar-refractivity contribution >= 4 is 35.1 Å². The second-order valence-corrected chi connectivity index (χ2v) is 6.04. The summed E-state index contributed by atoms with van der Waals surface area (Å²) in [6.07, 6.45) is 0. The SMILES string of the molecule is CC(C)[C@](C)(C#N)NC(=O)COC(=O)c1ccc(Cl)c(Cl)c1. The first kappa shape index (κ1) is 18.3. The summed E-state index contributed by atoms with van der Waals surface area (Å²) in [7, 11) is 0. The maximum absolute atomic E-state index is 11.8. The second-order valence-electron chi connectivity index (χ2n) is 5.22. The Hall–Kier alpha value is -1.77. The number of nitriles is 1. The predicted octanol–water partition coefficient (Wildman–Crippen LogP) is 3.20. The van der Waals surface area contributed by atoms with Crippen LogP contribution in [0.15, 0.2) is 18.2 Å². The highest BCUT2D eigenvalue weighted by Crippen LogP contribution is 2.23. The van der Waals surface area contributed by atoms with Crippen molar-refractivity contribution in [3.63, 3.8) is 0 Å². The number of hydrogen-bond acceptors (Lipinski definition) is 4. The van der Waals surface area contributed by atoms with Crippen LogP contribution in [0.5, 0.6) is 0 Å². The van der Waals surface area contributed by atoms with Crippen LogP contribution in [-0.4, -0.2) is 24.0 Å². The van der Waals surface area contributed by atoms with Gasteiger partial charge in [0.05, 0.1) is 21.7 Å². The van der Waals surface area contributed by atoms with E-state index in [1.54, 1.807) is 6.92 Å². The minimum absolute atomic E-state index is 0.0905. The van der Waals surface area contributed by atoms with E-state index in [0.717, 1.165) is 0 Å². The topological polar surface area (TPSA) is 79.2 Å². The van der Waals surface area contributed by atoms with Crippen molar-refractivity contribution < 1.29 is 14.3 Å². The third kappa shape index (κ3) is 4.62. The third-order valence-corrected chi connectivity index (χ3v) is 4.01. The van der Waals surface area contributed by atoms with Crippen LogP contribution in [0.2, 0.25) is 10.0 Å². The predicted molar refractivity (Wildman–Crippen MR) is 83.7 cm³/mol. The Morgan fingerprint density at radius 2 is 2.00 bits per heavy atom. The number of ether oxygens (including phenoxy) is 1. The smallest absolute Gasteiger partial charge is 0.338 e. The van der Waals surface area contributed by atoms with E-state index in [1.165, 1.54) is 18.2 Å². The van der Waals surface area contributed by atoms with Crippen molar-refractivity contribution in [1.29, 1.82) is 5.26 Å². The average Bonchev–Trinajstić information content (AvgIpc) is 2.47. The van der Waals surface area contributed by atoms with Gasteiger partial charge in [0.2, 0.25) is 0 Å². The number of carbonyl (C=O) groups excluding carboxylic acids is 2. The van der Waals surface area contributed by atoms with Crippen LogP contribution in [0.4, 0.5) is 0 Å². The molecule has 0 aromatic heterocycles. The number of hydrogen-bond donors (Lipinski definition) is 1. The molecule has 0 radical (unpaired) electrons. The molecule has 0 bridgehead atoms. The van der Waals surface area contributed by atoms with E-state index in [4.69, 9.17) is 33.2 Å². The molecule has 0 saturated heterocycles. The van der Waals surface area contributed by atoms with Gasteiger partial charge in [0, 0.05) is 0 Å². The summed E-state index contributed by atoms with van der Waals surface area (Å²) in [5, 5.41) is 12.2. The highest BCUT2D eigenvalue weighted by atomic mass is 35.5. The molecule has 0 fully saturated rings. The van der Waals surface area contributed by atoms with Gasteiger partial charge in [-0.3, -0.25) is 4.79 Å². The van der Waals surface area contributed by atoms with Gasteiger partial charge in [0.25, 0.3) is 5.91 Å². The molecule has 118 valence electrons. The van der Waals surface area contributed by atoms with Gasteiger partial charge in [-0.1, -0.05) is 37.0 Å². The summed E-state index contributed by atoms with van der Waals surface area (Å²) >= 11 is 11.6. The van der Waals surface area contributed by atoms with E-state index >= 15 is 0 Å². The van der Waals surface area contributed by atoms with Gasteiger partial charge in [-0.2, -0.15) is 5.26 Å². The van der Waals surface area contributed by atoms with E-state index in [0.29, 0.717) is 5.02 Å². The van der Waals surface area contributed by atoms with E-state index in [1.807, 2.05) is 19.9 Å². The van der Waals surface area contributed by atoms with Crippen LogP contribution in [0, 0.1) is 17.2 Å². The number of carbonyl (C=O) groups is 2. The zero-order chi connectivity index (χ0) is 16.9. The van der Waals surface area contributed by atoms with Crippen LogP contribution in [-0.2, 0) is 9.53 Å². The number of esters is 1. The van der Waals surface area contributed by atoms with E-state index in [9.17, 15) is 9.59 Å². The van der Waals surface area contributed by atoms with Gasteiger partial charge in [-0.25, -0.2) is 4.79 Å². The van der Waals surface area contributed by atoms with Gasteiger partial charge < -0.3 is 10.1 Å². The molecule has 1 atom stereocenters. The zero-order valence-electron chi connectivity index (χ0n) is 12.4. The summed E-state index contributed by atoms with van der Waals surface area (Å²) in [6, 6.07) is 6.31. The fourth-order valence-electron chi connectivity index (χ4n) is 1.46. The van der Waals surface area contributed by atoms with Gasteiger partial charge in [0.1, 0.15) is 5.54 Å². The molecule has 5 nitrogen and oxygen atoms in total. The van der Waals surface area contributed by atoms with Gasteiger partial charge in [-0.15, -0.1) is 0 Å². The fourth-order valence-corrected chi connectivity index (χ4v) is 1.76. The van der Waals surface area contributed by atoms with Crippen molar-refractivity contribution in [3.8, 4) is 6.07 Å². The standard InChI is InChI=1S/C15H16Cl2N2O3/c1-9(2)15(3,8-18)19-13(20)7-22-14(21)10-4-5-11(16)12(17)6-10/h4-6,9H,7H2,1-3H3,(H,19,20)/t15-/m0/s1. The minimum Gasteiger partial charge on any atom is -0.452 e. The van der Waals surface area contributed by atoms with Crippen LogP contribution in [0.25, 0.3) is 0 Å². The highest BCUT2D eigenvalue weighted by Gasteiger charge is 2.30. The highest BCUT2D eigenvalue weighted by molar-refractivity contribution is 6.42. The number of halogens is 2. The second kappa shape index (κ2) is 7.48. The normalized spacial score (nSPS) is 13.1. The molecule has 0 aliphatic carbocycles. The van der Waals surface area contributed by atoms with E-state index in [-0.39, 0.29) is 16.5 Å². The van der Waals surface area contributed by atoms with E-state index in [2.05, 4.69) is 5.32 Å². The first-order valence-corrected chi connectivity index (χ1v) is 7.29. The average molecular weight is 343 g/mol. The monoisotopic (exact) mass is 342 g/mol. The number of amides is 1. The molecule has 1 aromatic rings. The summed E-state index contributed by atoms with van der Waals surface area (Å²) in [5.74, 6) is -1.34. The molecule has 0 saturated carbocycles. The van der Waals surface area contributed by atoms with Crippen LogP contribution in [0.1, 0.15) is 31.1 Å². The Bertz CT molecular complexity index is 626. The quantitative estimate of drug-likeness (QED) is 0.833. The Morgan fingerprint density at radius 3 is 2.50 bits per heavy atom. The molecule has 1 aromatic carbocycles. The summed E-state index contributed by atoms with van der Waals surface area (Å²) < 4.78 is 4.89. The molecule has 1 N–H and O–H groups in total. The molecular weight excluding hydrogens is 327 g/mol. The lowest BCUT2D eigenvalue weighted by molar-refractivity contribution is -0.125. The molecule has 0 spiro atoms. The maximum atomic E-state index is 11.8. The number of nitrogens with zero attached hydrogens (tertiary/aromatic N) is 1. The summed E-state index contributed by atoms with van der Waals surface area (Å²) in [6.45, 7) is 4.75. The Kier molecular flexibility index (Phi) is 6.21. The molecular formula is C15H16Cl2N2O3. The molecule has 0 unspecified atom stereocenters. The fraction of sp³-hybridized carbons (Fsp3) is 0.400. The van der Waals surface area contributed by atoms with Crippen molar-refractivity contribution in [2.24, 2.45) is 5.92 Å². The van der Waals surface area contributed by atoms with Crippen molar-refractivity contribution in [3.05, 3.63) is 33.8 Å². The third-order valence-electron chi connectivity index (χ3n) is 3.28. The lowest BCUT2D eigenvalue weighted by Gasteiger charge is -2.27. The number of benzene rings is 1. The van der Waals surface area contributed by atoms with Crippen LogP contribution < -0.4 is 5.32 Å². The molecule has 22 heavy (non-hydrogen) atoms. The molecule has 7 heteroatoms. The van der Waals surface area contributed by atoms with Gasteiger partial charge >= 0.3 is 5.97 Å². The molecule has 0 aliphatic rings. The zero-order valence-corrected chi connectivity index (χ0v) is 14.0. The van der Waals surface area contributed by atoms with Crippen molar-refractivity contribution in [2.45, 2.75) is 26.3 Å². The van der Waals surface area contributed by atoms with Crippen LogP contribution in [0.3, 0.4) is 0 Å². The summed E-state index contributed by atoms with van der Waals surface area (Å²) in [5.41, 5.74) is -0.832. The largest absolute Gasteiger partial charge is 0.452 e. The number of rotatable bonds is 5. The molecule has 1 amide bonds. The number of nitrogens with one attached hydrogen (secondary N) is 1. The molecule has 0 heterocycles. The lowest BCUT2D eigenvalue weighted by atomic mass is 9.90. The lowest BCUT2D eigenvalue weighted by Crippen LogP contribution is -2.50. The van der Waals surface area contributed by atoms with Gasteiger partial charge in [0.15, 0.2) is 6.61 Å². The first-order chi connectivity index (χ1) is 10.2. The van der Waals surface area contributed by atoms with Crippen molar-refractivity contribution in [1.82, 2.24) is 5.32 Å².